The Morgan fingerprint density at radius 1 is 1.62 bits per heavy atom. The number of likely N-dealkylation sites (tertiary alicyclic amines) is 1. The molecule has 4 aliphatic heterocycles. The largest absolute Gasteiger partial charge is 0.482 e. The Kier molecular flexibility index (Phi) is 1.52. The van der Waals surface area contributed by atoms with Crippen LogP contribution in [0.1, 0.15) is 19.8 Å². The number of likely N-dealkylation sites (N-methyl/N-ethyl adjacent to an activating group) is 1. The molecule has 4 fully saturated rings. The second kappa shape index (κ2) is 2.35. The summed E-state index contributed by atoms with van der Waals surface area (Å²) < 4.78 is 27.2. The first-order valence-electron chi connectivity index (χ1n) is 4.63. The zero-order valence-electron chi connectivity index (χ0n) is 7.43. The third-order valence-corrected chi connectivity index (χ3v) is 4.35. The van der Waals surface area contributed by atoms with Crippen LogP contribution in [0.2, 0.25) is 0 Å². The molecule has 5 nitrogen and oxygen atoms in total. The molecule has 4 heterocycles. The van der Waals surface area contributed by atoms with E-state index in [0.29, 0.717) is 0 Å². The molecule has 0 radical (unpaired) electrons. The van der Waals surface area contributed by atoms with Gasteiger partial charge in [-0.1, -0.05) is 6.92 Å². The van der Waals surface area contributed by atoms with Gasteiger partial charge in [0.2, 0.25) is 0 Å². The molecule has 2 bridgehead atoms. The van der Waals surface area contributed by atoms with Crippen molar-refractivity contribution in [3.05, 3.63) is 0 Å². The fourth-order valence-corrected chi connectivity index (χ4v) is 4.02. The number of phosphoric acid groups is 1. The smallest absolute Gasteiger partial charge is 0.276 e. The molecule has 1 unspecified atom stereocenters. The predicted molar refractivity (Wildman–Crippen MR) is 43.9 cm³/mol. The summed E-state index contributed by atoms with van der Waals surface area (Å²) in [6, 6.07) is 0. The summed E-state index contributed by atoms with van der Waals surface area (Å²) in [6.07, 6.45) is 1.78. The molecule has 0 amide bonds. The third-order valence-electron chi connectivity index (χ3n) is 2.87. The van der Waals surface area contributed by atoms with Crippen molar-refractivity contribution >= 4 is 7.82 Å². The van der Waals surface area contributed by atoms with Gasteiger partial charge in [0.15, 0.2) is 0 Å². The lowest BCUT2D eigenvalue weighted by molar-refractivity contribution is -0.288. The number of piperidine rings is 1. The normalized spacial score (nSPS) is 54.4. The van der Waals surface area contributed by atoms with E-state index in [9.17, 15) is 4.57 Å². The van der Waals surface area contributed by atoms with Crippen LogP contribution in [-0.2, 0) is 18.1 Å². The molecule has 6 heteroatoms. The molecule has 1 spiro atoms. The van der Waals surface area contributed by atoms with Crippen LogP contribution in [0, 0.1) is 0 Å². The van der Waals surface area contributed by atoms with Gasteiger partial charge in [0.1, 0.15) is 6.10 Å². The van der Waals surface area contributed by atoms with Gasteiger partial charge in [-0.15, -0.1) is 0 Å². The number of phosphoric ester groups is 1. The highest BCUT2D eigenvalue weighted by atomic mass is 31.2. The van der Waals surface area contributed by atoms with Crippen molar-refractivity contribution in [2.45, 2.75) is 31.8 Å². The van der Waals surface area contributed by atoms with E-state index in [1.165, 1.54) is 0 Å². The fraction of sp³-hybridized carbons (Fsp3) is 1.00. The van der Waals surface area contributed by atoms with Crippen LogP contribution in [0.25, 0.3) is 0 Å². The van der Waals surface area contributed by atoms with Crippen molar-refractivity contribution in [2.24, 2.45) is 0 Å². The van der Waals surface area contributed by atoms with Crippen LogP contribution >= 0.6 is 7.82 Å². The van der Waals surface area contributed by atoms with Crippen LogP contribution < -0.4 is 0 Å². The van der Waals surface area contributed by atoms with E-state index in [-0.39, 0.29) is 6.10 Å². The molecule has 0 N–H and O–H groups in total. The van der Waals surface area contributed by atoms with E-state index in [1.807, 2.05) is 11.8 Å². The lowest BCUT2D eigenvalue weighted by Gasteiger charge is -2.46. The molecule has 0 saturated carbocycles. The van der Waals surface area contributed by atoms with Crippen molar-refractivity contribution in [1.82, 2.24) is 4.90 Å². The summed E-state index contributed by atoms with van der Waals surface area (Å²) in [5.41, 5.74) is 0. The van der Waals surface area contributed by atoms with Crippen LogP contribution in [-0.4, -0.2) is 30.0 Å². The lowest BCUT2D eigenvalue weighted by atomic mass is 10.0. The first-order chi connectivity index (χ1) is 6.19. The number of hydrogen-bond donors (Lipinski definition) is 0. The quantitative estimate of drug-likeness (QED) is 0.604. The summed E-state index contributed by atoms with van der Waals surface area (Å²) in [7, 11) is -3.11. The summed E-state index contributed by atoms with van der Waals surface area (Å²) in [4.78, 5) is 2.05. The average molecular weight is 205 g/mol. The van der Waals surface area contributed by atoms with Gasteiger partial charge in [0.05, 0.1) is 0 Å². The van der Waals surface area contributed by atoms with E-state index < -0.39 is 13.7 Å². The molecule has 4 aliphatic rings. The van der Waals surface area contributed by atoms with Gasteiger partial charge >= 0.3 is 7.82 Å². The summed E-state index contributed by atoms with van der Waals surface area (Å²) in [5.74, 6) is -0.789. The second-order valence-electron chi connectivity index (χ2n) is 3.58. The minimum absolute atomic E-state index is 0.146. The van der Waals surface area contributed by atoms with Gasteiger partial charge in [-0.2, -0.15) is 0 Å². The fourth-order valence-electron chi connectivity index (χ4n) is 2.27. The Morgan fingerprint density at radius 3 is 3.08 bits per heavy atom. The van der Waals surface area contributed by atoms with Gasteiger partial charge in [-0.3, -0.25) is 4.52 Å². The summed E-state index contributed by atoms with van der Waals surface area (Å²) in [5, 5.41) is 0. The van der Waals surface area contributed by atoms with Crippen LogP contribution in [0.3, 0.4) is 0 Å². The zero-order chi connectivity index (χ0) is 9.10. The van der Waals surface area contributed by atoms with E-state index >= 15 is 0 Å². The molecule has 0 aliphatic carbocycles. The highest BCUT2D eigenvalue weighted by Gasteiger charge is 2.74. The van der Waals surface area contributed by atoms with E-state index in [1.54, 1.807) is 0 Å². The van der Waals surface area contributed by atoms with Crippen LogP contribution in [0.15, 0.2) is 0 Å². The first kappa shape index (κ1) is 8.38. The third kappa shape index (κ3) is 0.891. The summed E-state index contributed by atoms with van der Waals surface area (Å²) >= 11 is 0. The first-order valence-corrected chi connectivity index (χ1v) is 6.09. The van der Waals surface area contributed by atoms with Gasteiger partial charge in [-0.05, 0) is 12.8 Å². The van der Waals surface area contributed by atoms with E-state index in [0.717, 1.165) is 25.9 Å². The topological polar surface area (TPSA) is 48.0 Å². The van der Waals surface area contributed by atoms with Crippen LogP contribution in [0.5, 0.6) is 0 Å². The van der Waals surface area contributed by atoms with Crippen molar-refractivity contribution in [3.63, 3.8) is 0 Å². The second-order valence-corrected chi connectivity index (χ2v) is 5.05. The maximum Gasteiger partial charge on any atom is 0.482 e. The molecule has 74 valence electrons. The Morgan fingerprint density at radius 2 is 2.38 bits per heavy atom. The molecular formula is C7H12NO4P. The minimum atomic E-state index is -3.11. The molecule has 0 aromatic rings. The van der Waals surface area contributed by atoms with Gasteiger partial charge in [-0.25, -0.2) is 18.5 Å². The van der Waals surface area contributed by atoms with Gasteiger partial charge < -0.3 is 0 Å². The Balaban J connectivity index is 1.94. The SMILES string of the molecule is CCN1CCCC2OP3(=O)OC21O3. The minimum Gasteiger partial charge on any atom is -0.276 e. The average Bonchev–Trinajstić information content (AvgIpc) is 2.49. The monoisotopic (exact) mass is 205 g/mol. The highest BCUT2D eigenvalue weighted by molar-refractivity contribution is 7.50. The molecule has 1 atom stereocenters. The Labute approximate surface area is 76.6 Å². The van der Waals surface area contributed by atoms with Crippen LogP contribution in [0.4, 0.5) is 0 Å². The van der Waals surface area contributed by atoms with Gasteiger partial charge in [0, 0.05) is 13.1 Å². The highest BCUT2D eigenvalue weighted by Crippen LogP contribution is 2.76. The van der Waals surface area contributed by atoms with Crippen molar-refractivity contribution < 1.29 is 18.1 Å². The predicted octanol–water partition coefficient (Wildman–Crippen LogP) is 1.31. The van der Waals surface area contributed by atoms with Gasteiger partial charge in [0.25, 0.3) is 5.91 Å². The molecule has 0 aromatic carbocycles. The maximum absolute atomic E-state index is 11.4. The number of hydrogen-bond acceptors (Lipinski definition) is 5. The Bertz CT molecular complexity index is 284. The Hall–Kier alpha value is 0.0700. The molecule has 0 aromatic heterocycles. The van der Waals surface area contributed by atoms with Crippen molar-refractivity contribution in [2.75, 3.05) is 13.1 Å². The lowest BCUT2D eigenvalue weighted by Crippen LogP contribution is -2.61. The molecule has 4 saturated heterocycles. The van der Waals surface area contributed by atoms with Crippen molar-refractivity contribution in [1.29, 1.82) is 0 Å². The van der Waals surface area contributed by atoms with Crippen molar-refractivity contribution in [3.8, 4) is 0 Å². The number of rotatable bonds is 1. The zero-order valence-corrected chi connectivity index (χ0v) is 8.33. The maximum atomic E-state index is 11.4. The molecule has 13 heavy (non-hydrogen) atoms. The van der Waals surface area contributed by atoms with E-state index in [4.69, 9.17) is 13.6 Å². The molecule has 4 rings (SSSR count). The van der Waals surface area contributed by atoms with E-state index in [2.05, 4.69) is 0 Å². The number of nitrogens with zero attached hydrogens (tertiary/aromatic N) is 1. The standard InChI is InChI=1S/C7H12NO4P/c1-2-8-5-3-4-6-7(8)11-13(9,10-6)12-7/h6H,2-5H2,1H3. The summed E-state index contributed by atoms with van der Waals surface area (Å²) in [6.45, 7) is 3.79. The molecular weight excluding hydrogens is 193 g/mol.